The summed E-state index contributed by atoms with van der Waals surface area (Å²) in [7, 11) is 0. The molecule has 0 aromatic heterocycles. The number of para-hydroxylation sites is 2. The molecule has 1 aliphatic rings. The number of aromatic hydroxyl groups is 1. The van der Waals surface area contributed by atoms with Gasteiger partial charge in [-0.05, 0) is 42.8 Å². The summed E-state index contributed by atoms with van der Waals surface area (Å²) < 4.78 is 11.5. The van der Waals surface area contributed by atoms with E-state index in [4.69, 9.17) is 9.47 Å². The van der Waals surface area contributed by atoms with E-state index < -0.39 is 0 Å². The van der Waals surface area contributed by atoms with Crippen molar-refractivity contribution in [2.24, 2.45) is 0 Å². The molecule has 3 aromatic carbocycles. The van der Waals surface area contributed by atoms with E-state index in [1.807, 2.05) is 78.6 Å². The van der Waals surface area contributed by atoms with Gasteiger partial charge in [0, 0.05) is 24.2 Å². The number of phenols is 1. The second-order valence-electron chi connectivity index (χ2n) is 8.18. The summed E-state index contributed by atoms with van der Waals surface area (Å²) >= 11 is 0. The number of amides is 1. The van der Waals surface area contributed by atoms with E-state index in [2.05, 4.69) is 10.6 Å². The van der Waals surface area contributed by atoms with E-state index in [9.17, 15) is 9.90 Å². The van der Waals surface area contributed by atoms with E-state index in [0.29, 0.717) is 45.2 Å². The fourth-order valence-electron chi connectivity index (χ4n) is 3.68. The van der Waals surface area contributed by atoms with Gasteiger partial charge in [0.1, 0.15) is 11.5 Å². The smallest absolute Gasteiger partial charge is 0.292 e. The molecule has 0 saturated carbocycles. The maximum Gasteiger partial charge on any atom is 0.292 e. The first-order valence-electron chi connectivity index (χ1n) is 11.8. The number of nitrogens with zero attached hydrogens (tertiary/aromatic N) is 1. The molecule has 182 valence electrons. The molecule has 7 nitrogen and oxygen atoms in total. The van der Waals surface area contributed by atoms with Crippen molar-refractivity contribution in [2.75, 3.05) is 31.7 Å². The largest absolute Gasteiger partial charge is 0.508 e. The zero-order valence-electron chi connectivity index (χ0n) is 19.9. The Kier molecular flexibility index (Phi) is 8.25. The molecule has 1 saturated heterocycles. The zero-order chi connectivity index (χ0) is 24.5. The van der Waals surface area contributed by atoms with Gasteiger partial charge < -0.3 is 24.8 Å². The van der Waals surface area contributed by atoms with Crippen molar-refractivity contribution in [2.45, 2.75) is 19.9 Å². The molecule has 0 atom stereocenters. The first-order chi connectivity index (χ1) is 17.1. The van der Waals surface area contributed by atoms with Gasteiger partial charge in [-0.25, -0.2) is 0 Å². The molecular weight excluding hydrogens is 442 g/mol. The Morgan fingerprint density at radius 3 is 2.49 bits per heavy atom. The summed E-state index contributed by atoms with van der Waals surface area (Å²) in [5.41, 5.74) is 3.51. The molecular formula is C28H31N3O4. The van der Waals surface area contributed by atoms with Crippen LogP contribution < -0.4 is 15.4 Å². The third kappa shape index (κ3) is 7.01. The first-order valence-corrected chi connectivity index (χ1v) is 11.8. The summed E-state index contributed by atoms with van der Waals surface area (Å²) in [5, 5.41) is 16.2. The number of phenolic OH excluding ortho intramolecular Hbond substituents is 1. The Balaban J connectivity index is 1.37. The fraction of sp³-hybridized carbons (Fsp3) is 0.250. The molecule has 1 fully saturated rings. The Morgan fingerprint density at radius 1 is 1.00 bits per heavy atom. The number of carbonyl (C=O) groups is 1. The lowest BCUT2D eigenvalue weighted by molar-refractivity contribution is -0.116. The minimum atomic E-state index is -0.263. The molecule has 3 aromatic rings. The molecule has 0 unspecified atom stereocenters. The van der Waals surface area contributed by atoms with Crippen LogP contribution in [-0.4, -0.2) is 42.3 Å². The molecule has 1 amide bonds. The highest BCUT2D eigenvalue weighted by molar-refractivity contribution is 6.03. The minimum Gasteiger partial charge on any atom is -0.508 e. The SMILES string of the molecule is CCOc1ccc(CCO/C(C(=O)Nc2ccccc2)=C2/CN2CNCc2ccccc2O)cc1. The highest BCUT2D eigenvalue weighted by Gasteiger charge is 2.33. The van der Waals surface area contributed by atoms with Crippen LogP contribution in [-0.2, 0) is 22.5 Å². The highest BCUT2D eigenvalue weighted by atomic mass is 16.5. The molecule has 3 N–H and O–H groups in total. The van der Waals surface area contributed by atoms with Gasteiger partial charge in [-0.2, -0.15) is 0 Å². The summed E-state index contributed by atoms with van der Waals surface area (Å²) in [6, 6.07) is 24.5. The number of rotatable bonds is 12. The predicted molar refractivity (Wildman–Crippen MR) is 136 cm³/mol. The second-order valence-corrected chi connectivity index (χ2v) is 8.18. The van der Waals surface area contributed by atoms with Crippen LogP contribution in [0.2, 0.25) is 0 Å². The lowest BCUT2D eigenvalue weighted by Crippen LogP contribution is -2.22. The summed E-state index contributed by atoms with van der Waals surface area (Å²) in [5.74, 6) is 1.18. The highest BCUT2D eigenvalue weighted by Crippen LogP contribution is 2.27. The molecule has 1 heterocycles. The lowest BCUT2D eigenvalue weighted by Gasteiger charge is -2.12. The van der Waals surface area contributed by atoms with E-state index in [0.717, 1.165) is 28.3 Å². The molecule has 4 rings (SSSR count). The Morgan fingerprint density at radius 2 is 1.74 bits per heavy atom. The molecule has 1 aliphatic heterocycles. The number of nitrogens with one attached hydrogen (secondary N) is 2. The van der Waals surface area contributed by atoms with Crippen molar-refractivity contribution in [3.05, 3.63) is 101 Å². The number of hydrogen-bond acceptors (Lipinski definition) is 6. The van der Waals surface area contributed by atoms with E-state index in [1.165, 1.54) is 0 Å². The quantitative estimate of drug-likeness (QED) is 0.207. The van der Waals surface area contributed by atoms with Crippen LogP contribution in [0.15, 0.2) is 90.3 Å². The van der Waals surface area contributed by atoms with Crippen LogP contribution in [0.4, 0.5) is 5.69 Å². The number of benzene rings is 3. The van der Waals surface area contributed by atoms with Gasteiger partial charge in [-0.1, -0.05) is 48.5 Å². The van der Waals surface area contributed by atoms with E-state index in [-0.39, 0.29) is 11.7 Å². The molecule has 0 radical (unpaired) electrons. The van der Waals surface area contributed by atoms with E-state index >= 15 is 0 Å². The van der Waals surface area contributed by atoms with Crippen molar-refractivity contribution in [3.63, 3.8) is 0 Å². The molecule has 0 spiro atoms. The lowest BCUT2D eigenvalue weighted by atomic mass is 10.1. The van der Waals surface area contributed by atoms with Gasteiger partial charge in [0.05, 0.1) is 32.1 Å². The maximum absolute atomic E-state index is 13.0. The topological polar surface area (TPSA) is 82.8 Å². The Labute approximate surface area is 206 Å². The fourth-order valence-corrected chi connectivity index (χ4v) is 3.68. The van der Waals surface area contributed by atoms with Gasteiger partial charge in [0.2, 0.25) is 5.76 Å². The third-order valence-electron chi connectivity index (χ3n) is 5.60. The minimum absolute atomic E-state index is 0.263. The van der Waals surface area contributed by atoms with Crippen molar-refractivity contribution in [3.8, 4) is 11.5 Å². The number of carbonyl (C=O) groups excluding carboxylic acids is 1. The number of ether oxygens (including phenoxy) is 2. The normalized spacial score (nSPS) is 13.8. The average molecular weight is 474 g/mol. The van der Waals surface area contributed by atoms with Crippen LogP contribution in [0.25, 0.3) is 0 Å². The standard InChI is InChI=1S/C28H31N3O4/c1-2-34-24-14-12-21(13-15-24)16-17-35-27(28(33)30-23-9-4-3-5-10-23)25-19-31(25)20-29-18-22-8-6-7-11-26(22)32/h3-15,29,32H,2,16-20H2,1H3,(H,30,33)/b27-25-. The Hall–Kier alpha value is -3.97. The van der Waals surface area contributed by atoms with Crippen LogP contribution in [0.3, 0.4) is 0 Å². The molecule has 0 aliphatic carbocycles. The van der Waals surface area contributed by atoms with Gasteiger partial charge in [-0.3, -0.25) is 10.1 Å². The molecule has 7 heteroatoms. The van der Waals surface area contributed by atoms with Gasteiger partial charge in [0.25, 0.3) is 5.91 Å². The van der Waals surface area contributed by atoms with Crippen molar-refractivity contribution in [1.29, 1.82) is 0 Å². The molecule has 0 bridgehead atoms. The zero-order valence-corrected chi connectivity index (χ0v) is 19.9. The second kappa shape index (κ2) is 11.9. The number of hydrogen-bond donors (Lipinski definition) is 3. The summed E-state index contributed by atoms with van der Waals surface area (Å²) in [4.78, 5) is 15.1. The van der Waals surface area contributed by atoms with Gasteiger partial charge >= 0.3 is 0 Å². The third-order valence-corrected chi connectivity index (χ3v) is 5.60. The maximum atomic E-state index is 13.0. The Bertz CT molecular complexity index is 1150. The van der Waals surface area contributed by atoms with E-state index in [1.54, 1.807) is 12.1 Å². The van der Waals surface area contributed by atoms with Crippen LogP contribution >= 0.6 is 0 Å². The van der Waals surface area contributed by atoms with Crippen LogP contribution in [0, 0.1) is 0 Å². The first kappa shape index (κ1) is 24.2. The number of anilines is 1. The van der Waals surface area contributed by atoms with Crippen molar-refractivity contribution >= 4 is 11.6 Å². The summed E-state index contributed by atoms with van der Waals surface area (Å²) in [6.07, 6.45) is 0.674. The van der Waals surface area contributed by atoms with Crippen LogP contribution in [0.1, 0.15) is 18.1 Å². The molecule has 35 heavy (non-hydrogen) atoms. The van der Waals surface area contributed by atoms with Gasteiger partial charge in [-0.15, -0.1) is 0 Å². The van der Waals surface area contributed by atoms with Crippen molar-refractivity contribution < 1.29 is 19.4 Å². The average Bonchev–Trinajstić information content (AvgIpc) is 3.64. The monoisotopic (exact) mass is 473 g/mol. The predicted octanol–water partition coefficient (Wildman–Crippen LogP) is 4.26. The van der Waals surface area contributed by atoms with Crippen molar-refractivity contribution in [1.82, 2.24) is 10.2 Å². The van der Waals surface area contributed by atoms with Gasteiger partial charge in [0.15, 0.2) is 0 Å². The summed E-state index contributed by atoms with van der Waals surface area (Å²) in [6.45, 7) is 4.70. The van der Waals surface area contributed by atoms with Crippen LogP contribution in [0.5, 0.6) is 11.5 Å².